The van der Waals surface area contributed by atoms with Crippen LogP contribution in [0.2, 0.25) is 0 Å². The Hall–Kier alpha value is -3.54. The Labute approximate surface area is 224 Å². The fraction of sp³-hybridized carbons (Fsp3) is 0.148. The van der Waals surface area contributed by atoms with Crippen molar-refractivity contribution in [1.82, 2.24) is 15.3 Å². The maximum absolute atomic E-state index is 14.7. The summed E-state index contributed by atoms with van der Waals surface area (Å²) in [6.07, 6.45) is -0.244. The summed E-state index contributed by atoms with van der Waals surface area (Å²) >= 11 is 2.17. The summed E-state index contributed by atoms with van der Waals surface area (Å²) < 4.78 is 56.5. The van der Waals surface area contributed by atoms with E-state index in [1.165, 1.54) is 12.4 Å². The Kier molecular flexibility index (Phi) is 8.06. The molecule has 0 saturated carbocycles. The number of benzene rings is 2. The average molecular weight is 620 g/mol. The van der Waals surface area contributed by atoms with Crippen molar-refractivity contribution in [3.63, 3.8) is 0 Å². The number of urea groups is 1. The maximum Gasteiger partial charge on any atom is 0.416 e. The standard InChI is InChI=1S/C27H21F4IN4O/c28-22-12-20(11-21(13-22)27(29,30)31)26(14-18-5-2-1-3-6-18,24-9-8-19(15-32)16-34-24)36-25(37)35-23-7-4-10-33-17-23/h1-13,16-17H,14-15H2,(H2,35,36,37)/t26-/m1/s1. The molecule has 0 spiro atoms. The Balaban J connectivity index is 1.92. The summed E-state index contributed by atoms with van der Waals surface area (Å²) in [5.41, 5.74) is -0.714. The van der Waals surface area contributed by atoms with Crippen molar-refractivity contribution in [2.45, 2.75) is 22.6 Å². The van der Waals surface area contributed by atoms with E-state index in [1.807, 2.05) is 0 Å². The molecule has 0 unspecified atom stereocenters. The lowest BCUT2D eigenvalue weighted by atomic mass is 9.79. The van der Waals surface area contributed by atoms with Crippen LogP contribution in [0.25, 0.3) is 0 Å². The molecule has 0 aliphatic rings. The third kappa shape index (κ3) is 6.43. The number of rotatable bonds is 7. The lowest BCUT2D eigenvalue weighted by molar-refractivity contribution is -0.137. The first-order valence-electron chi connectivity index (χ1n) is 11.1. The second kappa shape index (κ2) is 11.2. The molecule has 2 aromatic heterocycles. The summed E-state index contributed by atoms with van der Waals surface area (Å²) in [7, 11) is 0. The normalized spacial score (nSPS) is 13.0. The van der Waals surface area contributed by atoms with Crippen molar-refractivity contribution in [3.05, 3.63) is 125 Å². The highest BCUT2D eigenvalue weighted by atomic mass is 127. The van der Waals surface area contributed by atoms with Crippen LogP contribution in [-0.2, 0) is 22.6 Å². The second-order valence-corrected chi connectivity index (χ2v) is 9.06. The zero-order valence-electron chi connectivity index (χ0n) is 19.3. The van der Waals surface area contributed by atoms with Crippen molar-refractivity contribution in [3.8, 4) is 0 Å². The third-order valence-corrected chi connectivity index (χ3v) is 6.57. The molecule has 4 rings (SSSR count). The Morgan fingerprint density at radius 2 is 1.65 bits per heavy atom. The van der Waals surface area contributed by atoms with Gasteiger partial charge in [-0.2, -0.15) is 13.2 Å². The fourth-order valence-electron chi connectivity index (χ4n) is 3.97. The Morgan fingerprint density at radius 1 is 0.892 bits per heavy atom. The smallest absolute Gasteiger partial charge is 0.322 e. The molecule has 37 heavy (non-hydrogen) atoms. The SMILES string of the molecule is O=C(Nc1cccnc1)N[C@](Cc1ccccc1)(c1cc(F)cc(C(F)(F)F)c1)c1ccc(CI)cn1. The minimum Gasteiger partial charge on any atom is -0.322 e. The zero-order chi connectivity index (χ0) is 26.5. The number of nitrogens with zero attached hydrogens (tertiary/aromatic N) is 2. The van der Waals surface area contributed by atoms with Crippen LogP contribution < -0.4 is 10.6 Å². The molecule has 2 heterocycles. The molecule has 2 amide bonds. The molecule has 2 aromatic carbocycles. The summed E-state index contributed by atoms with van der Waals surface area (Å²) in [6.45, 7) is 0. The van der Waals surface area contributed by atoms with Crippen molar-refractivity contribution < 1.29 is 22.4 Å². The van der Waals surface area contributed by atoms with E-state index in [0.29, 0.717) is 21.7 Å². The number of anilines is 1. The van der Waals surface area contributed by atoms with Gasteiger partial charge in [-0.3, -0.25) is 9.97 Å². The monoisotopic (exact) mass is 620 g/mol. The first-order chi connectivity index (χ1) is 17.7. The van der Waals surface area contributed by atoms with Crippen LogP contribution in [0.4, 0.5) is 28.0 Å². The van der Waals surface area contributed by atoms with Crippen molar-refractivity contribution >= 4 is 34.3 Å². The van der Waals surface area contributed by atoms with E-state index in [4.69, 9.17) is 0 Å². The molecule has 190 valence electrons. The maximum atomic E-state index is 14.7. The molecule has 5 nitrogen and oxygen atoms in total. The number of carbonyl (C=O) groups excluding carboxylic acids is 1. The number of aromatic nitrogens is 2. The number of amides is 2. The molecule has 4 aromatic rings. The zero-order valence-corrected chi connectivity index (χ0v) is 21.4. The van der Waals surface area contributed by atoms with E-state index in [1.54, 1.807) is 60.8 Å². The van der Waals surface area contributed by atoms with E-state index >= 15 is 0 Å². The minimum absolute atomic E-state index is 0.00559. The van der Waals surface area contributed by atoms with Gasteiger partial charge in [0, 0.05) is 23.2 Å². The van der Waals surface area contributed by atoms with Gasteiger partial charge in [0.05, 0.1) is 23.1 Å². The molecule has 0 saturated heterocycles. The molecule has 0 aliphatic carbocycles. The predicted molar refractivity (Wildman–Crippen MR) is 141 cm³/mol. The van der Waals surface area contributed by atoms with Crippen molar-refractivity contribution in [2.24, 2.45) is 0 Å². The van der Waals surface area contributed by atoms with Gasteiger partial charge in [-0.05, 0) is 53.1 Å². The largest absolute Gasteiger partial charge is 0.416 e. The fourth-order valence-corrected chi connectivity index (χ4v) is 4.42. The van der Waals surface area contributed by atoms with Gasteiger partial charge in [-0.1, -0.05) is 59.0 Å². The van der Waals surface area contributed by atoms with E-state index < -0.39 is 29.1 Å². The molecular formula is C27H21F4IN4O. The minimum atomic E-state index is -4.80. The van der Waals surface area contributed by atoms with Crippen molar-refractivity contribution in [2.75, 3.05) is 5.32 Å². The average Bonchev–Trinajstić information content (AvgIpc) is 2.88. The van der Waals surface area contributed by atoms with Gasteiger partial charge >= 0.3 is 12.2 Å². The van der Waals surface area contributed by atoms with Gasteiger partial charge in [-0.15, -0.1) is 0 Å². The highest BCUT2D eigenvalue weighted by molar-refractivity contribution is 14.1. The number of alkyl halides is 4. The topological polar surface area (TPSA) is 66.9 Å². The van der Waals surface area contributed by atoms with Gasteiger partial charge in [0.1, 0.15) is 11.4 Å². The van der Waals surface area contributed by atoms with Crippen LogP contribution in [0, 0.1) is 5.82 Å². The quantitative estimate of drug-likeness (QED) is 0.135. The third-order valence-electron chi connectivity index (χ3n) is 5.69. The number of nitrogens with one attached hydrogen (secondary N) is 2. The molecule has 10 heteroatoms. The van der Waals surface area contributed by atoms with E-state index in [2.05, 4.69) is 43.2 Å². The first-order valence-corrected chi connectivity index (χ1v) is 12.6. The van der Waals surface area contributed by atoms with Gasteiger partial charge in [0.25, 0.3) is 0 Å². The van der Waals surface area contributed by atoms with Gasteiger partial charge < -0.3 is 10.6 Å². The van der Waals surface area contributed by atoms with Crippen LogP contribution in [-0.4, -0.2) is 16.0 Å². The van der Waals surface area contributed by atoms with Gasteiger partial charge in [0.15, 0.2) is 0 Å². The molecule has 0 aliphatic heterocycles. The molecule has 2 N–H and O–H groups in total. The Bertz CT molecular complexity index is 1350. The van der Waals surface area contributed by atoms with Crippen LogP contribution in [0.5, 0.6) is 0 Å². The summed E-state index contributed by atoms with van der Waals surface area (Å²) in [5, 5.41) is 5.47. The number of carbonyl (C=O) groups is 1. The number of hydrogen-bond acceptors (Lipinski definition) is 3. The molecule has 0 radical (unpaired) electrons. The summed E-state index contributed by atoms with van der Waals surface area (Å²) in [6, 6.07) is 17.1. The van der Waals surface area contributed by atoms with E-state index in [0.717, 1.165) is 17.7 Å². The molecule has 0 fully saturated rings. The molecule has 1 atom stereocenters. The highest BCUT2D eigenvalue weighted by Gasteiger charge is 2.41. The van der Waals surface area contributed by atoms with Crippen LogP contribution >= 0.6 is 22.6 Å². The lowest BCUT2D eigenvalue weighted by Gasteiger charge is -2.36. The number of pyridine rings is 2. The van der Waals surface area contributed by atoms with Crippen LogP contribution in [0.1, 0.15) is 27.9 Å². The number of halogens is 5. The van der Waals surface area contributed by atoms with Gasteiger partial charge in [-0.25, -0.2) is 9.18 Å². The Morgan fingerprint density at radius 3 is 2.27 bits per heavy atom. The van der Waals surface area contributed by atoms with Crippen LogP contribution in [0.3, 0.4) is 0 Å². The molecule has 0 bridgehead atoms. The molecular weight excluding hydrogens is 599 g/mol. The van der Waals surface area contributed by atoms with E-state index in [9.17, 15) is 22.4 Å². The summed E-state index contributed by atoms with van der Waals surface area (Å²) in [4.78, 5) is 21.7. The van der Waals surface area contributed by atoms with Crippen LogP contribution in [0.15, 0.2) is 91.4 Å². The van der Waals surface area contributed by atoms with Crippen molar-refractivity contribution in [1.29, 1.82) is 0 Å². The predicted octanol–water partition coefficient (Wildman–Crippen LogP) is 6.88. The summed E-state index contributed by atoms with van der Waals surface area (Å²) in [5.74, 6) is -1.08. The van der Waals surface area contributed by atoms with E-state index in [-0.39, 0.29) is 17.7 Å². The number of hydrogen-bond donors (Lipinski definition) is 2. The highest BCUT2D eigenvalue weighted by Crippen LogP contribution is 2.38. The lowest BCUT2D eigenvalue weighted by Crippen LogP contribution is -2.51. The van der Waals surface area contributed by atoms with Gasteiger partial charge in [0.2, 0.25) is 0 Å². The first kappa shape index (κ1) is 26.5. The second-order valence-electron chi connectivity index (χ2n) is 8.30.